The molecule has 0 aliphatic carbocycles. The van der Waals surface area contributed by atoms with E-state index in [-0.39, 0.29) is 0 Å². The van der Waals surface area contributed by atoms with E-state index < -0.39 is 0 Å². The Kier molecular flexibility index (Phi) is 9.60. The molecule has 3 heteroatoms. The Morgan fingerprint density at radius 2 is 1.33 bits per heavy atom. The van der Waals surface area contributed by atoms with E-state index in [4.69, 9.17) is 0 Å². The summed E-state index contributed by atoms with van der Waals surface area (Å²) in [5.41, 5.74) is 0. The van der Waals surface area contributed by atoms with Gasteiger partial charge in [-0.1, -0.05) is 54.9 Å². The molecule has 0 N–H and O–H groups in total. The highest BCUT2D eigenvalue weighted by atomic mass is 32.2. The maximum atomic E-state index is 2.33. The van der Waals surface area contributed by atoms with Gasteiger partial charge in [0.1, 0.15) is 0 Å². The molecule has 0 nitrogen and oxygen atoms in total. The average molecular weight is 309 g/mol. The van der Waals surface area contributed by atoms with Crippen molar-refractivity contribution in [1.82, 2.24) is 0 Å². The summed E-state index contributed by atoms with van der Waals surface area (Å²) in [6, 6.07) is 0. The maximum absolute atomic E-state index is 2.33. The van der Waals surface area contributed by atoms with Crippen molar-refractivity contribution in [3.8, 4) is 0 Å². The van der Waals surface area contributed by atoms with Gasteiger partial charge in [0.15, 0.2) is 0 Å². The van der Waals surface area contributed by atoms with Gasteiger partial charge in [-0.15, -0.1) is 23.5 Å². The van der Waals surface area contributed by atoms with Crippen molar-refractivity contribution in [1.29, 1.82) is 0 Å². The van der Waals surface area contributed by atoms with E-state index in [2.05, 4.69) is 83.8 Å². The monoisotopic (exact) mass is 308 g/mol. The Bertz CT molecular complexity index is 185. The number of rotatable bonds is 8. The fraction of sp³-hybridized carbons (Fsp3) is 1.00. The third-order valence-corrected chi connectivity index (χ3v) is 6.20. The first kappa shape index (κ1) is 19.1. The van der Waals surface area contributed by atoms with Crippen LogP contribution in [-0.4, -0.2) is 25.6 Å². The number of hydrogen-bond acceptors (Lipinski definition) is 3. The Labute approximate surface area is 128 Å². The van der Waals surface area contributed by atoms with Crippen LogP contribution >= 0.6 is 35.3 Å². The normalized spacial score (nSPS) is 13.3. The first-order valence-corrected chi connectivity index (χ1v) is 9.99. The van der Waals surface area contributed by atoms with Crippen LogP contribution in [0.25, 0.3) is 0 Å². The molecule has 0 heterocycles. The molecule has 0 aliphatic heterocycles. The van der Waals surface area contributed by atoms with Crippen LogP contribution in [0.3, 0.4) is 0 Å². The average Bonchev–Trinajstić information content (AvgIpc) is 2.12. The van der Waals surface area contributed by atoms with Gasteiger partial charge in [0.05, 0.1) is 4.58 Å². The summed E-state index contributed by atoms with van der Waals surface area (Å²) in [7, 11) is 0. The third-order valence-electron chi connectivity index (χ3n) is 2.11. The fourth-order valence-electron chi connectivity index (χ4n) is 1.46. The summed E-state index contributed by atoms with van der Waals surface area (Å²) in [6.07, 6.45) is 4.02. The lowest BCUT2D eigenvalue weighted by Crippen LogP contribution is -2.19. The van der Waals surface area contributed by atoms with E-state index in [0.717, 1.165) is 4.58 Å². The minimum atomic E-state index is 0.372. The van der Waals surface area contributed by atoms with Crippen LogP contribution < -0.4 is 0 Å². The van der Waals surface area contributed by atoms with Gasteiger partial charge in [0, 0.05) is 9.49 Å². The molecule has 110 valence electrons. The second-order valence-electron chi connectivity index (χ2n) is 6.64. The highest BCUT2D eigenvalue weighted by Crippen LogP contribution is 2.42. The second-order valence-corrected chi connectivity index (χ2v) is 12.2. The third kappa shape index (κ3) is 13.5. The van der Waals surface area contributed by atoms with Crippen molar-refractivity contribution in [2.75, 3.05) is 11.5 Å². The van der Waals surface area contributed by atoms with Gasteiger partial charge in [-0.25, -0.2) is 0 Å². The summed E-state index contributed by atoms with van der Waals surface area (Å²) >= 11 is 6.42. The van der Waals surface area contributed by atoms with Crippen LogP contribution in [0.5, 0.6) is 0 Å². The quantitative estimate of drug-likeness (QED) is 0.381. The first-order valence-electron chi connectivity index (χ1n) is 7.07. The van der Waals surface area contributed by atoms with Crippen molar-refractivity contribution in [2.45, 2.75) is 81.8 Å². The van der Waals surface area contributed by atoms with Crippen LogP contribution in [0.2, 0.25) is 0 Å². The summed E-state index contributed by atoms with van der Waals surface area (Å²) in [5.74, 6) is 2.65. The summed E-state index contributed by atoms with van der Waals surface area (Å²) in [6.45, 7) is 16.3. The van der Waals surface area contributed by atoms with Crippen molar-refractivity contribution in [3.63, 3.8) is 0 Å². The van der Waals surface area contributed by atoms with Crippen LogP contribution in [0, 0.1) is 0 Å². The zero-order chi connectivity index (χ0) is 14.2. The maximum Gasteiger partial charge on any atom is 0.0520 e. The summed E-state index contributed by atoms with van der Waals surface area (Å²) in [5, 5.41) is 0. The highest BCUT2D eigenvalue weighted by molar-refractivity contribution is 8.18. The number of thioether (sulfide) groups is 3. The summed E-state index contributed by atoms with van der Waals surface area (Å²) < 4.78 is 1.48. The molecule has 18 heavy (non-hydrogen) atoms. The molecule has 0 unspecified atom stereocenters. The lowest BCUT2D eigenvalue weighted by molar-refractivity contribution is 0.786. The molecule has 0 radical (unpaired) electrons. The molecule has 0 saturated carbocycles. The topological polar surface area (TPSA) is 0 Å². The minimum absolute atomic E-state index is 0.372. The fourth-order valence-corrected chi connectivity index (χ4v) is 6.83. The largest absolute Gasteiger partial charge is 0.162 e. The van der Waals surface area contributed by atoms with Gasteiger partial charge in [0.2, 0.25) is 0 Å². The van der Waals surface area contributed by atoms with Crippen LogP contribution in [0.4, 0.5) is 0 Å². The zero-order valence-electron chi connectivity index (χ0n) is 13.3. The molecule has 0 fully saturated rings. The molecule has 0 amide bonds. The molecule has 0 saturated heterocycles. The van der Waals surface area contributed by atoms with Crippen molar-refractivity contribution >= 4 is 35.3 Å². The van der Waals surface area contributed by atoms with Crippen LogP contribution in [-0.2, 0) is 0 Å². The number of unbranched alkanes of at least 4 members (excludes halogenated alkanes) is 1. The van der Waals surface area contributed by atoms with Gasteiger partial charge in [-0.05, 0) is 24.3 Å². The molecular formula is C15H32S3. The van der Waals surface area contributed by atoms with Gasteiger partial charge in [0.25, 0.3) is 0 Å². The van der Waals surface area contributed by atoms with Crippen molar-refractivity contribution in [3.05, 3.63) is 0 Å². The second kappa shape index (κ2) is 9.07. The smallest absolute Gasteiger partial charge is 0.0520 e. The Morgan fingerprint density at radius 1 is 0.833 bits per heavy atom. The lowest BCUT2D eigenvalue weighted by Gasteiger charge is -2.30. The van der Waals surface area contributed by atoms with Crippen molar-refractivity contribution in [2.24, 2.45) is 0 Å². The van der Waals surface area contributed by atoms with E-state index in [9.17, 15) is 0 Å². The van der Waals surface area contributed by atoms with E-state index in [1.807, 2.05) is 0 Å². The van der Waals surface area contributed by atoms with Gasteiger partial charge >= 0.3 is 0 Å². The molecule has 0 aromatic rings. The predicted molar refractivity (Wildman–Crippen MR) is 95.3 cm³/mol. The van der Waals surface area contributed by atoms with E-state index in [0.29, 0.717) is 9.49 Å². The standard InChI is InChI=1S/C15H32S3/c1-8-9-11-16-12-10-13(17-14(2,3)4)18-15(5,6)7/h13H,8-12H2,1-7H3. The Balaban J connectivity index is 4.06. The summed E-state index contributed by atoms with van der Waals surface area (Å²) in [4.78, 5) is 0. The molecule has 0 aromatic heterocycles. The minimum Gasteiger partial charge on any atom is -0.162 e. The molecule has 0 spiro atoms. The van der Waals surface area contributed by atoms with E-state index in [1.165, 1.54) is 30.8 Å². The van der Waals surface area contributed by atoms with Crippen molar-refractivity contribution < 1.29 is 0 Å². The highest BCUT2D eigenvalue weighted by Gasteiger charge is 2.24. The molecule has 0 rings (SSSR count). The van der Waals surface area contributed by atoms with E-state index >= 15 is 0 Å². The lowest BCUT2D eigenvalue weighted by atomic mass is 10.3. The molecular weight excluding hydrogens is 276 g/mol. The SMILES string of the molecule is CCCCSCCC(SC(C)(C)C)SC(C)(C)C. The van der Waals surface area contributed by atoms with Gasteiger partial charge in [-0.3, -0.25) is 0 Å². The molecule has 0 atom stereocenters. The van der Waals surface area contributed by atoms with Crippen LogP contribution in [0.15, 0.2) is 0 Å². The molecule has 0 aliphatic rings. The predicted octanol–water partition coefficient (Wildman–Crippen LogP) is 6.30. The molecule has 0 aromatic carbocycles. The Hall–Kier alpha value is 1.05. The zero-order valence-corrected chi connectivity index (χ0v) is 15.8. The number of hydrogen-bond donors (Lipinski definition) is 0. The first-order chi connectivity index (χ1) is 8.14. The van der Waals surface area contributed by atoms with Gasteiger partial charge in [-0.2, -0.15) is 11.8 Å². The van der Waals surface area contributed by atoms with E-state index in [1.54, 1.807) is 0 Å². The van der Waals surface area contributed by atoms with Gasteiger partial charge < -0.3 is 0 Å². The molecule has 0 bridgehead atoms. The van der Waals surface area contributed by atoms with Crippen LogP contribution in [0.1, 0.15) is 67.7 Å². The Morgan fingerprint density at radius 3 is 1.72 bits per heavy atom.